The molecule has 25 heavy (non-hydrogen) atoms. The molecule has 1 aliphatic heterocycles. The van der Waals surface area contributed by atoms with Crippen molar-refractivity contribution in [3.63, 3.8) is 0 Å². The molecule has 134 valence electrons. The Bertz CT molecular complexity index is 828. The molecule has 1 saturated heterocycles. The Kier molecular flexibility index (Phi) is 5.55. The predicted molar refractivity (Wildman–Crippen MR) is 96.4 cm³/mol. The molecule has 0 radical (unpaired) electrons. The summed E-state index contributed by atoms with van der Waals surface area (Å²) in [7, 11) is 0. The Morgan fingerprint density at radius 2 is 1.88 bits per heavy atom. The molecule has 1 unspecified atom stereocenters. The molecule has 1 fully saturated rings. The summed E-state index contributed by atoms with van der Waals surface area (Å²) in [5.74, 6) is -0.665. The first-order valence-electron chi connectivity index (χ1n) is 7.58. The minimum atomic E-state index is -1.77. The average Bonchev–Trinajstić information content (AvgIpc) is 2.58. The second-order valence-corrected chi connectivity index (χ2v) is 7.92. The Hall–Kier alpha value is -1.31. The fourth-order valence-electron chi connectivity index (χ4n) is 2.64. The van der Waals surface area contributed by atoms with Gasteiger partial charge in [-0.1, -0.05) is 53.0 Å². The van der Waals surface area contributed by atoms with Crippen molar-refractivity contribution < 1.29 is 13.9 Å². The minimum absolute atomic E-state index is 0.147. The van der Waals surface area contributed by atoms with Crippen molar-refractivity contribution in [3.8, 4) is 0 Å². The SMILES string of the molecule is O=C(NC(N1CCOCC1)C(Cl)(Cl)Cl)c1cc2ccccc2oc1=O. The summed E-state index contributed by atoms with van der Waals surface area (Å²) in [6, 6.07) is 8.37. The monoisotopic (exact) mass is 404 g/mol. The normalized spacial score (nSPS) is 17.4. The van der Waals surface area contributed by atoms with E-state index in [4.69, 9.17) is 44.0 Å². The largest absolute Gasteiger partial charge is 0.422 e. The highest BCUT2D eigenvalue weighted by atomic mass is 35.6. The molecular formula is C16H15Cl3N2O4. The molecule has 6 nitrogen and oxygen atoms in total. The van der Waals surface area contributed by atoms with Crippen molar-refractivity contribution in [1.29, 1.82) is 0 Å². The van der Waals surface area contributed by atoms with E-state index in [2.05, 4.69) is 5.32 Å². The van der Waals surface area contributed by atoms with Crippen molar-refractivity contribution in [1.82, 2.24) is 10.2 Å². The summed E-state index contributed by atoms with van der Waals surface area (Å²) in [6.07, 6.45) is -0.903. The van der Waals surface area contributed by atoms with Crippen molar-refractivity contribution >= 4 is 51.7 Å². The number of benzene rings is 1. The van der Waals surface area contributed by atoms with Crippen LogP contribution in [-0.2, 0) is 4.74 Å². The molecule has 1 atom stereocenters. The Balaban J connectivity index is 1.88. The van der Waals surface area contributed by atoms with Crippen molar-refractivity contribution in [2.24, 2.45) is 0 Å². The zero-order valence-corrected chi connectivity index (χ0v) is 15.3. The third-order valence-electron chi connectivity index (χ3n) is 3.87. The lowest BCUT2D eigenvalue weighted by molar-refractivity contribution is 0.00992. The summed E-state index contributed by atoms with van der Waals surface area (Å²) >= 11 is 18.1. The van der Waals surface area contributed by atoms with Crippen LogP contribution in [0.5, 0.6) is 0 Å². The standard InChI is InChI=1S/C16H15Cl3N2O4/c17-16(18,19)15(21-5-7-24-8-6-21)20-13(22)11-9-10-3-1-2-4-12(10)25-14(11)23/h1-4,9,15H,5-8H2,(H,20,22). The lowest BCUT2D eigenvalue weighted by atomic mass is 10.2. The number of nitrogens with zero attached hydrogens (tertiary/aromatic N) is 1. The van der Waals surface area contributed by atoms with Crippen LogP contribution in [0.1, 0.15) is 10.4 Å². The molecule has 1 N–H and O–H groups in total. The molecule has 9 heteroatoms. The van der Waals surface area contributed by atoms with Crippen LogP contribution < -0.4 is 10.9 Å². The Morgan fingerprint density at radius 1 is 1.20 bits per heavy atom. The number of alkyl halides is 3. The zero-order valence-electron chi connectivity index (χ0n) is 13.0. The van der Waals surface area contributed by atoms with Crippen LogP contribution >= 0.6 is 34.8 Å². The number of carbonyl (C=O) groups excluding carboxylic acids is 1. The van der Waals surface area contributed by atoms with E-state index < -0.39 is 21.5 Å². The van der Waals surface area contributed by atoms with Gasteiger partial charge in [0.25, 0.3) is 5.91 Å². The lowest BCUT2D eigenvalue weighted by Gasteiger charge is -2.38. The number of rotatable bonds is 3. The topological polar surface area (TPSA) is 71.8 Å². The van der Waals surface area contributed by atoms with E-state index >= 15 is 0 Å². The summed E-state index contributed by atoms with van der Waals surface area (Å²) in [6.45, 7) is 1.91. The molecule has 1 amide bonds. The predicted octanol–water partition coefficient (Wildman–Crippen LogP) is 2.55. The highest BCUT2D eigenvalue weighted by molar-refractivity contribution is 6.68. The first kappa shape index (κ1) is 18.5. The number of morpholine rings is 1. The molecule has 1 aliphatic rings. The number of carbonyl (C=O) groups is 1. The van der Waals surface area contributed by atoms with Gasteiger partial charge in [0.1, 0.15) is 17.3 Å². The minimum Gasteiger partial charge on any atom is -0.422 e. The van der Waals surface area contributed by atoms with Gasteiger partial charge in [-0.15, -0.1) is 0 Å². The molecule has 1 aromatic heterocycles. The Morgan fingerprint density at radius 3 is 2.56 bits per heavy atom. The Labute approximate surface area is 158 Å². The van der Waals surface area contributed by atoms with Crippen LogP contribution in [0.15, 0.2) is 39.5 Å². The first-order valence-corrected chi connectivity index (χ1v) is 8.72. The zero-order chi connectivity index (χ0) is 18.0. The van der Waals surface area contributed by atoms with E-state index in [1.54, 1.807) is 29.2 Å². The van der Waals surface area contributed by atoms with E-state index in [1.807, 2.05) is 0 Å². The second-order valence-electron chi connectivity index (χ2n) is 5.55. The van der Waals surface area contributed by atoms with Crippen LogP contribution in [0.4, 0.5) is 0 Å². The van der Waals surface area contributed by atoms with Gasteiger partial charge < -0.3 is 14.5 Å². The molecule has 3 rings (SSSR count). The second kappa shape index (κ2) is 7.51. The van der Waals surface area contributed by atoms with Gasteiger partial charge >= 0.3 is 5.63 Å². The maximum Gasteiger partial charge on any atom is 0.349 e. The molecule has 2 heterocycles. The van der Waals surface area contributed by atoms with Crippen LogP contribution in [0.2, 0.25) is 0 Å². The highest BCUT2D eigenvalue weighted by Crippen LogP contribution is 2.32. The van der Waals surface area contributed by atoms with Gasteiger partial charge in [-0.05, 0) is 12.1 Å². The van der Waals surface area contributed by atoms with Crippen LogP contribution in [-0.4, -0.2) is 47.1 Å². The third-order valence-corrected chi connectivity index (χ3v) is 4.49. The fourth-order valence-corrected chi connectivity index (χ4v) is 3.22. The van der Waals surface area contributed by atoms with Crippen molar-refractivity contribution in [2.45, 2.75) is 9.96 Å². The molecule has 1 aromatic carbocycles. The van der Waals surface area contributed by atoms with E-state index in [-0.39, 0.29) is 5.56 Å². The number of hydrogen-bond donors (Lipinski definition) is 1. The van der Waals surface area contributed by atoms with Crippen molar-refractivity contribution in [2.75, 3.05) is 26.3 Å². The summed E-state index contributed by atoms with van der Waals surface area (Å²) in [4.78, 5) is 26.5. The van der Waals surface area contributed by atoms with Gasteiger partial charge in [0.15, 0.2) is 0 Å². The number of ether oxygens (including phenoxy) is 1. The van der Waals surface area contributed by atoms with Gasteiger partial charge in [0.05, 0.1) is 13.2 Å². The third kappa shape index (κ3) is 4.27. The van der Waals surface area contributed by atoms with Gasteiger partial charge in [-0.3, -0.25) is 9.69 Å². The molecule has 0 bridgehead atoms. The van der Waals surface area contributed by atoms with Gasteiger partial charge in [-0.25, -0.2) is 4.79 Å². The molecule has 0 aliphatic carbocycles. The number of amides is 1. The molecule has 0 spiro atoms. The highest BCUT2D eigenvalue weighted by Gasteiger charge is 2.39. The van der Waals surface area contributed by atoms with E-state index in [9.17, 15) is 9.59 Å². The summed E-state index contributed by atoms with van der Waals surface area (Å²) in [5, 5.41) is 3.25. The molecule has 2 aromatic rings. The van der Waals surface area contributed by atoms with Gasteiger partial charge in [0.2, 0.25) is 3.79 Å². The quantitative estimate of drug-likeness (QED) is 0.628. The van der Waals surface area contributed by atoms with Gasteiger partial charge in [-0.2, -0.15) is 0 Å². The first-order chi connectivity index (χ1) is 11.9. The number of hydrogen-bond acceptors (Lipinski definition) is 5. The number of nitrogens with one attached hydrogen (secondary N) is 1. The number of para-hydroxylation sites is 1. The average molecular weight is 406 g/mol. The van der Waals surface area contributed by atoms with E-state index in [0.29, 0.717) is 37.3 Å². The summed E-state index contributed by atoms with van der Waals surface area (Å²) < 4.78 is 8.67. The van der Waals surface area contributed by atoms with E-state index in [0.717, 1.165) is 0 Å². The maximum atomic E-state index is 12.6. The molecular weight excluding hydrogens is 391 g/mol. The molecule has 0 saturated carbocycles. The van der Waals surface area contributed by atoms with Crippen LogP contribution in [0.3, 0.4) is 0 Å². The lowest BCUT2D eigenvalue weighted by Crippen LogP contribution is -2.58. The summed E-state index contributed by atoms with van der Waals surface area (Å²) in [5.41, 5.74) is -0.498. The van der Waals surface area contributed by atoms with Crippen LogP contribution in [0.25, 0.3) is 11.0 Å². The number of halogens is 3. The van der Waals surface area contributed by atoms with Crippen LogP contribution in [0, 0.1) is 0 Å². The van der Waals surface area contributed by atoms with E-state index in [1.165, 1.54) is 6.07 Å². The van der Waals surface area contributed by atoms with Crippen molar-refractivity contribution in [3.05, 3.63) is 46.3 Å². The van der Waals surface area contributed by atoms with Gasteiger partial charge in [0, 0.05) is 18.5 Å². The smallest absolute Gasteiger partial charge is 0.349 e. The fraction of sp³-hybridized carbons (Fsp3) is 0.375. The number of fused-ring (bicyclic) bond motifs is 1. The maximum absolute atomic E-state index is 12.6.